The second kappa shape index (κ2) is 5.33. The van der Waals surface area contributed by atoms with E-state index in [4.69, 9.17) is 9.47 Å². The van der Waals surface area contributed by atoms with Gasteiger partial charge in [0.05, 0.1) is 12.7 Å². The molecule has 2 unspecified atom stereocenters. The van der Waals surface area contributed by atoms with Crippen molar-refractivity contribution in [3.05, 3.63) is 0 Å². The standard InChI is InChI=1S/C14H22N2O4/c1-19-11-9-20-7-4-10(11)8-16-12(17)14(15-13(16)18)5-2-3-6-14/h10-11H,2-9H2,1H3,(H,15,18). The predicted molar refractivity (Wildman–Crippen MR) is 71.2 cm³/mol. The van der Waals surface area contributed by atoms with Crippen LogP contribution in [0.5, 0.6) is 0 Å². The molecule has 1 aliphatic carbocycles. The van der Waals surface area contributed by atoms with E-state index in [9.17, 15) is 9.59 Å². The van der Waals surface area contributed by atoms with Crippen molar-refractivity contribution in [2.75, 3.05) is 26.9 Å². The van der Waals surface area contributed by atoms with Crippen molar-refractivity contribution in [1.82, 2.24) is 10.2 Å². The van der Waals surface area contributed by atoms with E-state index in [2.05, 4.69) is 5.32 Å². The van der Waals surface area contributed by atoms with Gasteiger partial charge in [0.25, 0.3) is 5.91 Å². The number of nitrogens with zero attached hydrogens (tertiary/aromatic N) is 1. The number of hydrogen-bond donors (Lipinski definition) is 1. The Kier molecular flexibility index (Phi) is 3.69. The summed E-state index contributed by atoms with van der Waals surface area (Å²) >= 11 is 0. The first kappa shape index (κ1) is 13.8. The maximum absolute atomic E-state index is 12.6. The van der Waals surface area contributed by atoms with Gasteiger partial charge < -0.3 is 14.8 Å². The largest absolute Gasteiger partial charge is 0.379 e. The summed E-state index contributed by atoms with van der Waals surface area (Å²) in [6.45, 7) is 1.64. The highest BCUT2D eigenvalue weighted by molar-refractivity contribution is 6.07. The SMILES string of the molecule is COC1COCCC1CN1C(=O)NC2(CCCC2)C1=O. The molecule has 0 aromatic carbocycles. The zero-order valence-corrected chi connectivity index (χ0v) is 11.9. The molecule has 3 fully saturated rings. The molecule has 0 radical (unpaired) electrons. The molecule has 1 N–H and O–H groups in total. The summed E-state index contributed by atoms with van der Waals surface area (Å²) in [6, 6.07) is -0.238. The van der Waals surface area contributed by atoms with Gasteiger partial charge in [0, 0.05) is 26.2 Å². The summed E-state index contributed by atoms with van der Waals surface area (Å²) in [5.41, 5.74) is -0.606. The Hall–Kier alpha value is -1.14. The molecule has 6 heteroatoms. The summed E-state index contributed by atoms with van der Waals surface area (Å²) < 4.78 is 10.8. The van der Waals surface area contributed by atoms with E-state index in [1.165, 1.54) is 4.90 Å². The van der Waals surface area contributed by atoms with Crippen molar-refractivity contribution in [3.63, 3.8) is 0 Å². The molecule has 2 aliphatic heterocycles. The normalized spacial score (nSPS) is 33.0. The van der Waals surface area contributed by atoms with Gasteiger partial charge in [-0.1, -0.05) is 12.8 Å². The van der Waals surface area contributed by atoms with Crippen LogP contribution in [0.3, 0.4) is 0 Å². The van der Waals surface area contributed by atoms with Crippen molar-refractivity contribution in [1.29, 1.82) is 0 Å². The van der Waals surface area contributed by atoms with Crippen LogP contribution in [-0.2, 0) is 14.3 Å². The fraction of sp³-hybridized carbons (Fsp3) is 0.857. The number of carbonyl (C=O) groups is 2. The molecule has 3 amide bonds. The van der Waals surface area contributed by atoms with Crippen LogP contribution in [0.25, 0.3) is 0 Å². The van der Waals surface area contributed by atoms with Gasteiger partial charge in [0.15, 0.2) is 0 Å². The molecular formula is C14H22N2O4. The molecule has 2 heterocycles. The topological polar surface area (TPSA) is 67.9 Å². The number of rotatable bonds is 3. The predicted octanol–water partition coefficient (Wildman–Crippen LogP) is 0.902. The van der Waals surface area contributed by atoms with Crippen LogP contribution in [0.1, 0.15) is 32.1 Å². The van der Waals surface area contributed by atoms with Crippen LogP contribution >= 0.6 is 0 Å². The van der Waals surface area contributed by atoms with Crippen molar-refractivity contribution < 1.29 is 19.1 Å². The number of urea groups is 1. The highest BCUT2D eigenvalue weighted by Gasteiger charge is 2.52. The Labute approximate surface area is 118 Å². The van der Waals surface area contributed by atoms with Gasteiger partial charge >= 0.3 is 6.03 Å². The summed E-state index contributed by atoms with van der Waals surface area (Å²) in [5, 5.41) is 2.92. The lowest BCUT2D eigenvalue weighted by atomic mass is 9.94. The third kappa shape index (κ3) is 2.20. The lowest BCUT2D eigenvalue weighted by molar-refractivity contribution is -0.133. The fourth-order valence-electron chi connectivity index (χ4n) is 3.62. The Balaban J connectivity index is 1.70. The zero-order valence-electron chi connectivity index (χ0n) is 11.9. The Bertz CT molecular complexity index is 406. The number of carbonyl (C=O) groups excluding carboxylic acids is 2. The minimum atomic E-state index is -0.606. The van der Waals surface area contributed by atoms with Gasteiger partial charge in [-0.15, -0.1) is 0 Å². The van der Waals surface area contributed by atoms with Crippen LogP contribution in [0.15, 0.2) is 0 Å². The molecule has 1 spiro atoms. The van der Waals surface area contributed by atoms with Crippen molar-refractivity contribution in [2.24, 2.45) is 5.92 Å². The zero-order chi connectivity index (χ0) is 14.2. The van der Waals surface area contributed by atoms with Crippen molar-refractivity contribution in [2.45, 2.75) is 43.7 Å². The van der Waals surface area contributed by atoms with E-state index in [1.54, 1.807) is 7.11 Å². The van der Waals surface area contributed by atoms with Crippen molar-refractivity contribution in [3.8, 4) is 0 Å². The fourth-order valence-corrected chi connectivity index (χ4v) is 3.62. The minimum Gasteiger partial charge on any atom is -0.379 e. The number of ether oxygens (including phenoxy) is 2. The van der Waals surface area contributed by atoms with Gasteiger partial charge in [0.1, 0.15) is 5.54 Å². The van der Waals surface area contributed by atoms with Gasteiger partial charge in [-0.3, -0.25) is 9.69 Å². The monoisotopic (exact) mass is 282 g/mol. The molecule has 2 saturated heterocycles. The van der Waals surface area contributed by atoms with Crippen LogP contribution in [-0.4, -0.2) is 55.3 Å². The van der Waals surface area contributed by atoms with Crippen LogP contribution in [0.4, 0.5) is 4.79 Å². The number of imide groups is 1. The Morgan fingerprint density at radius 3 is 2.85 bits per heavy atom. The van der Waals surface area contributed by atoms with E-state index < -0.39 is 5.54 Å². The molecule has 6 nitrogen and oxygen atoms in total. The Morgan fingerprint density at radius 2 is 2.15 bits per heavy atom. The van der Waals surface area contributed by atoms with Crippen LogP contribution in [0.2, 0.25) is 0 Å². The molecule has 20 heavy (non-hydrogen) atoms. The second-order valence-corrected chi connectivity index (χ2v) is 6.03. The van der Waals surface area contributed by atoms with E-state index >= 15 is 0 Å². The molecular weight excluding hydrogens is 260 g/mol. The average Bonchev–Trinajstić information content (AvgIpc) is 3.01. The van der Waals surface area contributed by atoms with E-state index in [1.807, 2.05) is 0 Å². The summed E-state index contributed by atoms with van der Waals surface area (Å²) in [4.78, 5) is 26.1. The molecule has 2 atom stereocenters. The first-order valence-electron chi connectivity index (χ1n) is 7.41. The summed E-state index contributed by atoms with van der Waals surface area (Å²) in [6.07, 6.45) is 4.35. The summed E-state index contributed by atoms with van der Waals surface area (Å²) in [5.74, 6) is 0.126. The lowest BCUT2D eigenvalue weighted by Gasteiger charge is -2.32. The lowest BCUT2D eigenvalue weighted by Crippen LogP contribution is -2.46. The molecule has 112 valence electrons. The second-order valence-electron chi connectivity index (χ2n) is 6.03. The third-order valence-electron chi connectivity index (χ3n) is 4.86. The van der Waals surface area contributed by atoms with Gasteiger partial charge in [0.2, 0.25) is 0 Å². The molecule has 3 aliphatic rings. The number of hydrogen-bond acceptors (Lipinski definition) is 4. The maximum atomic E-state index is 12.6. The molecule has 1 saturated carbocycles. The quantitative estimate of drug-likeness (QED) is 0.781. The van der Waals surface area contributed by atoms with Crippen LogP contribution < -0.4 is 5.32 Å². The van der Waals surface area contributed by atoms with E-state index in [-0.39, 0.29) is 24.0 Å². The highest BCUT2D eigenvalue weighted by Crippen LogP contribution is 2.35. The number of nitrogens with one attached hydrogen (secondary N) is 1. The number of amides is 3. The summed E-state index contributed by atoms with van der Waals surface area (Å²) in [7, 11) is 1.65. The smallest absolute Gasteiger partial charge is 0.325 e. The van der Waals surface area contributed by atoms with Gasteiger partial charge in [-0.05, 0) is 19.3 Å². The Morgan fingerprint density at radius 1 is 1.40 bits per heavy atom. The molecule has 0 bridgehead atoms. The number of methoxy groups -OCH3 is 1. The highest BCUT2D eigenvalue weighted by atomic mass is 16.5. The van der Waals surface area contributed by atoms with Crippen molar-refractivity contribution >= 4 is 11.9 Å². The maximum Gasteiger partial charge on any atom is 0.325 e. The first-order chi connectivity index (χ1) is 9.66. The third-order valence-corrected chi connectivity index (χ3v) is 4.86. The van der Waals surface area contributed by atoms with Gasteiger partial charge in [-0.25, -0.2) is 4.79 Å². The molecule has 0 aromatic heterocycles. The molecule has 3 rings (SSSR count). The van der Waals surface area contributed by atoms with E-state index in [0.29, 0.717) is 19.8 Å². The minimum absolute atomic E-state index is 0.0375. The average molecular weight is 282 g/mol. The van der Waals surface area contributed by atoms with Gasteiger partial charge in [-0.2, -0.15) is 0 Å². The molecule has 0 aromatic rings. The van der Waals surface area contributed by atoms with E-state index in [0.717, 1.165) is 32.1 Å². The first-order valence-corrected chi connectivity index (χ1v) is 7.41. The van der Waals surface area contributed by atoms with Crippen LogP contribution in [0, 0.1) is 5.92 Å².